The van der Waals surface area contributed by atoms with Crippen molar-refractivity contribution in [3.63, 3.8) is 0 Å². The van der Waals surface area contributed by atoms with Crippen LogP contribution in [0.15, 0.2) is 71.6 Å². The highest BCUT2D eigenvalue weighted by atomic mass is 32.2. The highest BCUT2D eigenvalue weighted by molar-refractivity contribution is 7.89. The summed E-state index contributed by atoms with van der Waals surface area (Å²) in [5, 5.41) is 0. The lowest BCUT2D eigenvalue weighted by atomic mass is 9.89. The third-order valence-corrected chi connectivity index (χ3v) is 7.50. The fraction of sp³-hybridized carbons (Fsp3) is 0.250. The van der Waals surface area contributed by atoms with E-state index in [0.717, 1.165) is 16.7 Å². The molecule has 162 valence electrons. The third kappa shape index (κ3) is 3.75. The number of methoxy groups -OCH3 is 3. The second-order valence-electron chi connectivity index (χ2n) is 7.24. The Labute approximate surface area is 183 Å². The first-order valence-electron chi connectivity index (χ1n) is 9.96. The smallest absolute Gasteiger partial charge is 0.247 e. The molecule has 1 aliphatic rings. The number of para-hydroxylation sites is 1. The summed E-state index contributed by atoms with van der Waals surface area (Å²) in [6.07, 6.45) is 0.563. The van der Waals surface area contributed by atoms with Crippen molar-refractivity contribution in [3.05, 3.63) is 83.4 Å². The number of fused-ring (bicyclic) bond motifs is 1. The molecule has 0 spiro atoms. The van der Waals surface area contributed by atoms with Gasteiger partial charge in [0.2, 0.25) is 10.0 Å². The monoisotopic (exact) mass is 439 g/mol. The molecule has 0 N–H and O–H groups in total. The average Bonchev–Trinajstić information content (AvgIpc) is 2.82. The van der Waals surface area contributed by atoms with Crippen LogP contribution >= 0.6 is 0 Å². The topological polar surface area (TPSA) is 65.1 Å². The Hall–Kier alpha value is -3.03. The van der Waals surface area contributed by atoms with Gasteiger partial charge in [0, 0.05) is 6.54 Å². The zero-order valence-corrected chi connectivity index (χ0v) is 18.6. The third-order valence-electron chi connectivity index (χ3n) is 5.60. The molecule has 4 rings (SSSR count). The molecule has 0 saturated heterocycles. The summed E-state index contributed by atoms with van der Waals surface area (Å²) in [5.41, 5.74) is 2.81. The van der Waals surface area contributed by atoms with Crippen LogP contribution in [0.1, 0.15) is 22.7 Å². The quantitative estimate of drug-likeness (QED) is 0.580. The number of hydrogen-bond donors (Lipinski definition) is 0. The SMILES string of the molecule is COc1cc2c(cc1OC)C(c1ccccc1)N(S(=O)(=O)c1ccccc1OC)CC2. The minimum absolute atomic E-state index is 0.155. The fourth-order valence-electron chi connectivity index (χ4n) is 4.12. The zero-order valence-electron chi connectivity index (χ0n) is 17.7. The zero-order chi connectivity index (χ0) is 22.0. The van der Waals surface area contributed by atoms with Crippen molar-refractivity contribution < 1.29 is 22.6 Å². The minimum Gasteiger partial charge on any atom is -0.495 e. The summed E-state index contributed by atoms with van der Waals surface area (Å²) in [6, 6.07) is 19.7. The lowest BCUT2D eigenvalue weighted by molar-refractivity contribution is 0.329. The fourth-order valence-corrected chi connectivity index (χ4v) is 5.87. The van der Waals surface area contributed by atoms with Crippen LogP contribution in [0, 0.1) is 0 Å². The van der Waals surface area contributed by atoms with Crippen LogP contribution in [0.4, 0.5) is 0 Å². The Bertz CT molecular complexity index is 1180. The number of sulfonamides is 1. The summed E-state index contributed by atoms with van der Waals surface area (Å²) >= 11 is 0. The normalized spacial score (nSPS) is 16.4. The van der Waals surface area contributed by atoms with E-state index >= 15 is 0 Å². The summed E-state index contributed by atoms with van der Waals surface area (Å²) in [4.78, 5) is 0.155. The van der Waals surface area contributed by atoms with Gasteiger partial charge in [-0.25, -0.2) is 8.42 Å². The van der Waals surface area contributed by atoms with Crippen LogP contribution in [0.5, 0.6) is 17.2 Å². The molecule has 3 aromatic carbocycles. The van der Waals surface area contributed by atoms with E-state index in [1.165, 1.54) is 7.11 Å². The Kier molecular flexibility index (Phi) is 5.89. The molecule has 0 aliphatic carbocycles. The van der Waals surface area contributed by atoms with Gasteiger partial charge in [0.15, 0.2) is 11.5 Å². The molecule has 3 aromatic rings. The van der Waals surface area contributed by atoms with E-state index in [2.05, 4.69) is 0 Å². The Balaban J connectivity index is 1.92. The van der Waals surface area contributed by atoms with Crippen LogP contribution in [0.3, 0.4) is 0 Å². The largest absolute Gasteiger partial charge is 0.495 e. The highest BCUT2D eigenvalue weighted by Gasteiger charge is 2.39. The van der Waals surface area contributed by atoms with E-state index in [4.69, 9.17) is 14.2 Å². The molecule has 0 saturated carbocycles. The number of hydrogen-bond acceptors (Lipinski definition) is 5. The molecule has 1 atom stereocenters. The number of ether oxygens (including phenoxy) is 3. The van der Waals surface area contributed by atoms with Crippen molar-refractivity contribution >= 4 is 10.0 Å². The Morgan fingerprint density at radius 2 is 1.42 bits per heavy atom. The first kappa shape index (κ1) is 21.2. The number of benzene rings is 3. The van der Waals surface area contributed by atoms with Gasteiger partial charge in [0.25, 0.3) is 0 Å². The van der Waals surface area contributed by atoms with Gasteiger partial charge < -0.3 is 14.2 Å². The first-order valence-corrected chi connectivity index (χ1v) is 11.4. The predicted molar refractivity (Wildman–Crippen MR) is 118 cm³/mol. The van der Waals surface area contributed by atoms with Crippen molar-refractivity contribution in [2.24, 2.45) is 0 Å². The molecule has 0 fully saturated rings. The maximum Gasteiger partial charge on any atom is 0.247 e. The van der Waals surface area contributed by atoms with E-state index in [1.807, 2.05) is 42.5 Å². The molecular weight excluding hydrogens is 414 g/mol. The molecule has 0 bridgehead atoms. The summed E-state index contributed by atoms with van der Waals surface area (Å²) in [7, 11) is 0.809. The highest BCUT2D eigenvalue weighted by Crippen LogP contribution is 2.43. The standard InChI is InChI=1S/C24H25NO5S/c1-28-20-11-7-8-12-23(20)31(26,27)25-14-13-18-15-21(29-2)22(30-3)16-19(18)24(25)17-9-5-4-6-10-17/h4-12,15-16,24H,13-14H2,1-3H3. The maximum absolute atomic E-state index is 13.8. The Morgan fingerprint density at radius 1 is 0.806 bits per heavy atom. The molecule has 1 unspecified atom stereocenters. The van der Waals surface area contributed by atoms with Crippen LogP contribution in [0.2, 0.25) is 0 Å². The number of nitrogens with zero attached hydrogens (tertiary/aromatic N) is 1. The van der Waals surface area contributed by atoms with E-state index in [-0.39, 0.29) is 4.90 Å². The average molecular weight is 440 g/mol. The first-order chi connectivity index (χ1) is 15.0. The maximum atomic E-state index is 13.8. The summed E-state index contributed by atoms with van der Waals surface area (Å²) in [5.74, 6) is 1.53. The second-order valence-corrected chi connectivity index (χ2v) is 9.09. The van der Waals surface area contributed by atoms with Gasteiger partial charge in [-0.05, 0) is 47.4 Å². The van der Waals surface area contributed by atoms with E-state index in [1.54, 1.807) is 42.8 Å². The molecule has 0 aromatic heterocycles. The van der Waals surface area contributed by atoms with E-state index < -0.39 is 16.1 Å². The molecule has 1 aliphatic heterocycles. The van der Waals surface area contributed by atoms with Gasteiger partial charge in [-0.1, -0.05) is 42.5 Å². The van der Waals surface area contributed by atoms with Crippen molar-refractivity contribution in [3.8, 4) is 17.2 Å². The van der Waals surface area contributed by atoms with Crippen LogP contribution in [0.25, 0.3) is 0 Å². The van der Waals surface area contributed by atoms with Crippen molar-refractivity contribution in [1.29, 1.82) is 0 Å². The van der Waals surface area contributed by atoms with E-state index in [0.29, 0.717) is 30.2 Å². The Morgan fingerprint density at radius 3 is 2.10 bits per heavy atom. The summed E-state index contributed by atoms with van der Waals surface area (Å²) < 4.78 is 45.5. The van der Waals surface area contributed by atoms with E-state index in [9.17, 15) is 8.42 Å². The lowest BCUT2D eigenvalue weighted by Crippen LogP contribution is -2.40. The number of rotatable bonds is 6. The molecule has 6 nitrogen and oxygen atoms in total. The lowest BCUT2D eigenvalue weighted by Gasteiger charge is -2.37. The van der Waals surface area contributed by atoms with Crippen molar-refractivity contribution in [2.45, 2.75) is 17.4 Å². The van der Waals surface area contributed by atoms with Crippen LogP contribution in [-0.2, 0) is 16.4 Å². The van der Waals surface area contributed by atoms with Crippen molar-refractivity contribution in [1.82, 2.24) is 4.31 Å². The summed E-state index contributed by atoms with van der Waals surface area (Å²) in [6.45, 7) is 0.336. The second kappa shape index (κ2) is 8.61. The van der Waals surface area contributed by atoms with Crippen LogP contribution in [-0.4, -0.2) is 40.6 Å². The molecule has 0 amide bonds. The van der Waals surface area contributed by atoms with Gasteiger partial charge in [-0.2, -0.15) is 4.31 Å². The van der Waals surface area contributed by atoms with Gasteiger partial charge in [-0.3, -0.25) is 0 Å². The van der Waals surface area contributed by atoms with Gasteiger partial charge >= 0.3 is 0 Å². The predicted octanol–water partition coefficient (Wildman–Crippen LogP) is 4.05. The van der Waals surface area contributed by atoms with Gasteiger partial charge in [0.1, 0.15) is 10.6 Å². The van der Waals surface area contributed by atoms with Gasteiger partial charge in [0.05, 0.1) is 27.4 Å². The molecule has 1 heterocycles. The molecule has 0 radical (unpaired) electrons. The van der Waals surface area contributed by atoms with Crippen LogP contribution < -0.4 is 14.2 Å². The van der Waals surface area contributed by atoms with Gasteiger partial charge in [-0.15, -0.1) is 0 Å². The minimum atomic E-state index is -3.84. The molecular formula is C24H25NO5S. The van der Waals surface area contributed by atoms with Crippen molar-refractivity contribution in [2.75, 3.05) is 27.9 Å². The molecule has 31 heavy (non-hydrogen) atoms. The molecule has 7 heteroatoms.